The van der Waals surface area contributed by atoms with Crippen LogP contribution in [0.15, 0.2) is 130 Å². The average Bonchev–Trinajstić information content (AvgIpc) is 3.31. The number of nitrogens with one attached hydrogen (secondary N) is 1. The Balaban J connectivity index is 1.35. The Labute approximate surface area is 247 Å². The molecule has 1 N–H and O–H groups in total. The summed E-state index contributed by atoms with van der Waals surface area (Å²) in [5.74, 6) is 0.468. The molecule has 7 heteroatoms. The number of fused-ring (bicyclic) bond motifs is 1. The molecule has 0 saturated carbocycles. The quantitative estimate of drug-likeness (QED) is 0.270. The van der Waals surface area contributed by atoms with Gasteiger partial charge in [-0.1, -0.05) is 102 Å². The Morgan fingerprint density at radius 2 is 1.57 bits per heavy atom. The van der Waals surface area contributed by atoms with Crippen LogP contribution in [0.4, 0.5) is 5.69 Å². The van der Waals surface area contributed by atoms with Crippen molar-refractivity contribution in [2.45, 2.75) is 26.5 Å². The predicted octanol–water partition coefficient (Wildman–Crippen LogP) is 5.76. The maximum Gasteiger partial charge on any atom is 0.271 e. The minimum absolute atomic E-state index is 0.189. The number of allylic oxidation sites excluding steroid dienone is 1. The minimum atomic E-state index is -0.610. The monoisotopic (exact) mass is 571 g/mol. The lowest BCUT2D eigenvalue weighted by atomic mass is 9.94. The van der Waals surface area contributed by atoms with Crippen molar-refractivity contribution in [1.82, 2.24) is 4.57 Å². The van der Waals surface area contributed by atoms with E-state index in [1.54, 1.807) is 4.57 Å². The van der Waals surface area contributed by atoms with E-state index in [1.165, 1.54) is 11.3 Å². The van der Waals surface area contributed by atoms with Crippen molar-refractivity contribution in [3.63, 3.8) is 0 Å². The van der Waals surface area contributed by atoms with Crippen LogP contribution in [-0.4, -0.2) is 10.5 Å². The van der Waals surface area contributed by atoms with Crippen LogP contribution < -0.4 is 24.9 Å². The lowest BCUT2D eigenvalue weighted by Crippen LogP contribution is -2.40. The van der Waals surface area contributed by atoms with Crippen molar-refractivity contribution in [2.24, 2.45) is 4.99 Å². The van der Waals surface area contributed by atoms with Crippen LogP contribution in [0.3, 0.4) is 0 Å². The molecule has 1 aliphatic heterocycles. The molecule has 208 valence electrons. The number of carbonyl (C=O) groups is 1. The van der Waals surface area contributed by atoms with E-state index in [0.717, 1.165) is 28.0 Å². The first-order valence-electron chi connectivity index (χ1n) is 13.7. The van der Waals surface area contributed by atoms with Crippen LogP contribution in [0.1, 0.15) is 35.2 Å². The Bertz CT molecular complexity index is 1940. The zero-order chi connectivity index (χ0) is 29.1. The first-order valence-corrected chi connectivity index (χ1v) is 14.5. The molecule has 1 unspecified atom stereocenters. The molecule has 1 aromatic heterocycles. The standard InChI is InChI=1S/C35H29N3O3S/c1-23-13-17-27(18-14-23)32-31(33(39)37-28-11-7-4-8-12-28)24(2)36-35-38(32)34(40)30(42-35)21-25-15-19-29(20-16-25)41-22-26-9-5-3-6-10-26/h3-21,32H,22H2,1-2H3,(H,37,39)/b30-21-. The van der Waals surface area contributed by atoms with E-state index in [2.05, 4.69) is 5.32 Å². The third-order valence-corrected chi connectivity index (χ3v) is 8.10. The van der Waals surface area contributed by atoms with Crippen molar-refractivity contribution in [2.75, 3.05) is 5.32 Å². The lowest BCUT2D eigenvalue weighted by Gasteiger charge is -2.25. The molecule has 0 saturated heterocycles. The second-order valence-electron chi connectivity index (χ2n) is 10.2. The van der Waals surface area contributed by atoms with Gasteiger partial charge in [-0.15, -0.1) is 0 Å². The van der Waals surface area contributed by atoms with Gasteiger partial charge in [0.25, 0.3) is 11.5 Å². The molecule has 1 amide bonds. The second kappa shape index (κ2) is 11.8. The van der Waals surface area contributed by atoms with Crippen molar-refractivity contribution < 1.29 is 9.53 Å². The summed E-state index contributed by atoms with van der Waals surface area (Å²) < 4.78 is 8.10. The number of para-hydroxylation sites is 1. The third kappa shape index (κ3) is 5.73. The number of nitrogens with zero attached hydrogens (tertiary/aromatic N) is 2. The Morgan fingerprint density at radius 3 is 2.26 bits per heavy atom. The van der Waals surface area contributed by atoms with Gasteiger partial charge < -0.3 is 10.1 Å². The van der Waals surface area contributed by atoms with Gasteiger partial charge in [0.1, 0.15) is 12.4 Å². The van der Waals surface area contributed by atoms with Gasteiger partial charge in [0, 0.05) is 5.69 Å². The van der Waals surface area contributed by atoms with Crippen LogP contribution in [0.5, 0.6) is 5.75 Å². The van der Waals surface area contributed by atoms with Crippen molar-refractivity contribution >= 4 is 29.0 Å². The Kier molecular flexibility index (Phi) is 7.66. The number of rotatable bonds is 7. The molecule has 0 aliphatic carbocycles. The number of hydrogen-bond donors (Lipinski definition) is 1. The fourth-order valence-corrected chi connectivity index (χ4v) is 6.00. The maximum absolute atomic E-state index is 13.9. The summed E-state index contributed by atoms with van der Waals surface area (Å²) in [6.45, 7) is 4.32. The highest BCUT2D eigenvalue weighted by atomic mass is 32.1. The number of aromatic nitrogens is 1. The molecule has 0 radical (unpaired) electrons. The van der Waals surface area contributed by atoms with Crippen LogP contribution in [0.25, 0.3) is 6.08 Å². The zero-order valence-electron chi connectivity index (χ0n) is 23.3. The molecule has 0 spiro atoms. The number of benzene rings is 4. The van der Waals surface area contributed by atoms with E-state index in [9.17, 15) is 9.59 Å². The highest BCUT2D eigenvalue weighted by molar-refractivity contribution is 7.07. The van der Waals surface area contributed by atoms with E-state index in [1.807, 2.05) is 129 Å². The van der Waals surface area contributed by atoms with Gasteiger partial charge in [-0.05, 0) is 60.9 Å². The predicted molar refractivity (Wildman–Crippen MR) is 167 cm³/mol. The third-order valence-electron chi connectivity index (χ3n) is 7.12. The molecule has 4 aromatic carbocycles. The van der Waals surface area contributed by atoms with Gasteiger partial charge in [0.05, 0.1) is 21.8 Å². The summed E-state index contributed by atoms with van der Waals surface area (Å²) in [6, 6.07) is 34.3. The van der Waals surface area contributed by atoms with Crippen LogP contribution in [0.2, 0.25) is 0 Å². The Hall–Kier alpha value is -5.01. The van der Waals surface area contributed by atoms with Gasteiger partial charge >= 0.3 is 0 Å². The van der Waals surface area contributed by atoms with Gasteiger partial charge in [0.15, 0.2) is 4.80 Å². The Morgan fingerprint density at radius 1 is 0.905 bits per heavy atom. The highest BCUT2D eigenvalue weighted by Crippen LogP contribution is 2.31. The SMILES string of the molecule is CC1=C(C(=O)Nc2ccccc2)C(c2ccc(C)cc2)n2c(s/c(=C\c3ccc(OCc4ccccc4)cc3)c2=O)=N1. The zero-order valence-corrected chi connectivity index (χ0v) is 24.1. The van der Waals surface area contributed by atoms with Crippen molar-refractivity contribution in [3.05, 3.63) is 162 Å². The fourth-order valence-electron chi connectivity index (χ4n) is 4.95. The van der Waals surface area contributed by atoms with E-state index in [0.29, 0.717) is 32.9 Å². The fraction of sp³-hybridized carbons (Fsp3) is 0.114. The van der Waals surface area contributed by atoms with Gasteiger partial charge in [-0.3, -0.25) is 14.2 Å². The van der Waals surface area contributed by atoms with E-state index in [4.69, 9.17) is 9.73 Å². The molecule has 0 bridgehead atoms. The number of thiazole rings is 1. The molecular weight excluding hydrogens is 542 g/mol. The molecule has 1 aliphatic rings. The summed E-state index contributed by atoms with van der Waals surface area (Å²) in [5.41, 5.74) is 5.43. The van der Waals surface area contributed by atoms with Gasteiger partial charge in [0.2, 0.25) is 0 Å². The number of ether oxygens (including phenoxy) is 1. The second-order valence-corrected chi connectivity index (χ2v) is 11.2. The van der Waals surface area contributed by atoms with Gasteiger partial charge in [-0.2, -0.15) is 0 Å². The minimum Gasteiger partial charge on any atom is -0.489 e. The topological polar surface area (TPSA) is 72.7 Å². The van der Waals surface area contributed by atoms with Crippen molar-refractivity contribution in [1.29, 1.82) is 0 Å². The van der Waals surface area contributed by atoms with Crippen LogP contribution in [-0.2, 0) is 11.4 Å². The van der Waals surface area contributed by atoms with Crippen LogP contribution in [0, 0.1) is 6.92 Å². The van der Waals surface area contributed by atoms with Crippen molar-refractivity contribution in [3.8, 4) is 5.75 Å². The molecule has 6 nitrogen and oxygen atoms in total. The number of anilines is 1. The van der Waals surface area contributed by atoms with Gasteiger partial charge in [-0.25, -0.2) is 4.99 Å². The summed E-state index contributed by atoms with van der Waals surface area (Å²) in [4.78, 5) is 32.9. The first-order chi connectivity index (χ1) is 20.5. The van der Waals surface area contributed by atoms with E-state index < -0.39 is 6.04 Å². The summed E-state index contributed by atoms with van der Waals surface area (Å²) >= 11 is 1.32. The number of carbonyl (C=O) groups excluding carboxylic acids is 1. The van der Waals surface area contributed by atoms with E-state index in [-0.39, 0.29) is 11.5 Å². The maximum atomic E-state index is 13.9. The molecule has 5 aromatic rings. The molecule has 0 fully saturated rings. The number of hydrogen-bond acceptors (Lipinski definition) is 5. The summed E-state index contributed by atoms with van der Waals surface area (Å²) in [6.07, 6.45) is 1.86. The molecule has 1 atom stereocenters. The lowest BCUT2D eigenvalue weighted by molar-refractivity contribution is -0.113. The largest absolute Gasteiger partial charge is 0.489 e. The smallest absolute Gasteiger partial charge is 0.271 e. The molecular formula is C35H29N3O3S. The normalized spacial score (nSPS) is 14.7. The molecule has 2 heterocycles. The average molecular weight is 572 g/mol. The number of amides is 1. The number of aryl methyl sites for hydroxylation is 1. The summed E-state index contributed by atoms with van der Waals surface area (Å²) in [5, 5.41) is 2.99. The molecule has 6 rings (SSSR count). The first kappa shape index (κ1) is 27.2. The molecule has 42 heavy (non-hydrogen) atoms. The highest BCUT2D eigenvalue weighted by Gasteiger charge is 2.32. The van der Waals surface area contributed by atoms with E-state index >= 15 is 0 Å². The summed E-state index contributed by atoms with van der Waals surface area (Å²) in [7, 11) is 0. The van der Waals surface area contributed by atoms with Crippen LogP contribution >= 0.6 is 11.3 Å².